The molecule has 94 valence electrons. The zero-order chi connectivity index (χ0) is 12.4. The summed E-state index contributed by atoms with van der Waals surface area (Å²) >= 11 is 0. The Hall–Kier alpha value is -1.39. The second-order valence-corrected chi connectivity index (χ2v) is 4.65. The van der Waals surface area contributed by atoms with Crippen molar-refractivity contribution in [1.82, 2.24) is 4.90 Å². The van der Waals surface area contributed by atoms with Crippen LogP contribution < -0.4 is 0 Å². The molecule has 0 aromatic heterocycles. The highest BCUT2D eigenvalue weighted by Gasteiger charge is 2.49. The minimum absolute atomic E-state index is 0.0395. The molecule has 0 spiro atoms. The Balaban J connectivity index is 1.87. The average molecular weight is 239 g/mol. The van der Waals surface area contributed by atoms with E-state index >= 15 is 0 Å². The maximum Gasteiger partial charge on any atom is 0.305 e. The number of carbonyl (C=O) groups excluding carboxylic acids is 3. The van der Waals surface area contributed by atoms with Gasteiger partial charge in [-0.15, -0.1) is 0 Å². The summed E-state index contributed by atoms with van der Waals surface area (Å²) in [6, 6.07) is 0. The Bertz CT molecular complexity index is 330. The second-order valence-electron chi connectivity index (χ2n) is 4.65. The van der Waals surface area contributed by atoms with E-state index < -0.39 is 0 Å². The molecule has 5 nitrogen and oxygen atoms in total. The van der Waals surface area contributed by atoms with Crippen LogP contribution in [0.1, 0.15) is 32.1 Å². The van der Waals surface area contributed by atoms with Crippen molar-refractivity contribution in [2.24, 2.45) is 11.8 Å². The molecule has 2 unspecified atom stereocenters. The first kappa shape index (κ1) is 12.1. The van der Waals surface area contributed by atoms with Crippen molar-refractivity contribution in [3.8, 4) is 0 Å². The first-order chi connectivity index (χ1) is 8.15. The summed E-state index contributed by atoms with van der Waals surface area (Å²) in [6.45, 7) is 0.347. The second kappa shape index (κ2) is 4.85. The summed E-state index contributed by atoms with van der Waals surface area (Å²) in [5.41, 5.74) is 0. The van der Waals surface area contributed by atoms with E-state index in [0.29, 0.717) is 13.0 Å². The number of ether oxygens (including phenoxy) is 1. The lowest BCUT2D eigenvalue weighted by molar-refractivity contribution is -0.143. The number of hydrogen-bond acceptors (Lipinski definition) is 4. The van der Waals surface area contributed by atoms with Gasteiger partial charge in [-0.25, -0.2) is 0 Å². The standard InChI is InChI=1S/C12H17NO4/c1-17-10(14)6-3-7-13-11(15)8-4-2-5-9(8)12(13)16/h8-9H,2-7H2,1H3. The molecule has 0 bridgehead atoms. The van der Waals surface area contributed by atoms with E-state index in [1.165, 1.54) is 12.0 Å². The average Bonchev–Trinajstić information content (AvgIpc) is 2.88. The van der Waals surface area contributed by atoms with Crippen LogP contribution in [-0.2, 0) is 19.1 Å². The predicted octanol–water partition coefficient (Wildman–Crippen LogP) is 0.725. The van der Waals surface area contributed by atoms with Gasteiger partial charge in [-0.05, 0) is 19.3 Å². The molecule has 1 saturated carbocycles. The lowest BCUT2D eigenvalue weighted by atomic mass is 10.00. The van der Waals surface area contributed by atoms with Gasteiger partial charge in [-0.1, -0.05) is 6.42 Å². The lowest BCUT2D eigenvalue weighted by Gasteiger charge is -2.15. The Morgan fingerprint density at radius 1 is 1.29 bits per heavy atom. The van der Waals surface area contributed by atoms with E-state index in [2.05, 4.69) is 4.74 Å². The fraction of sp³-hybridized carbons (Fsp3) is 0.750. The van der Waals surface area contributed by atoms with Crippen molar-refractivity contribution in [3.63, 3.8) is 0 Å². The molecule has 2 atom stereocenters. The van der Waals surface area contributed by atoms with Gasteiger partial charge in [-0.2, -0.15) is 0 Å². The fourth-order valence-corrected chi connectivity index (χ4v) is 2.76. The zero-order valence-corrected chi connectivity index (χ0v) is 9.98. The van der Waals surface area contributed by atoms with Crippen molar-refractivity contribution < 1.29 is 19.1 Å². The number of fused-ring (bicyclic) bond motifs is 1. The molecule has 2 aliphatic rings. The van der Waals surface area contributed by atoms with Crippen molar-refractivity contribution in [1.29, 1.82) is 0 Å². The maximum absolute atomic E-state index is 11.9. The molecule has 0 aromatic rings. The van der Waals surface area contributed by atoms with Crippen molar-refractivity contribution >= 4 is 17.8 Å². The highest BCUT2D eigenvalue weighted by atomic mass is 16.5. The zero-order valence-electron chi connectivity index (χ0n) is 9.98. The van der Waals surface area contributed by atoms with Crippen LogP contribution in [0.2, 0.25) is 0 Å². The van der Waals surface area contributed by atoms with Crippen molar-refractivity contribution in [2.45, 2.75) is 32.1 Å². The number of amides is 2. The molecule has 1 saturated heterocycles. The van der Waals surface area contributed by atoms with Crippen LogP contribution in [0.5, 0.6) is 0 Å². The molecule has 1 heterocycles. The summed E-state index contributed by atoms with van der Waals surface area (Å²) < 4.78 is 4.52. The van der Waals surface area contributed by atoms with Gasteiger partial charge >= 0.3 is 5.97 Å². The summed E-state index contributed by atoms with van der Waals surface area (Å²) in [6.07, 6.45) is 3.39. The molecule has 2 fully saturated rings. The number of nitrogens with zero attached hydrogens (tertiary/aromatic N) is 1. The third kappa shape index (κ3) is 2.18. The van der Waals surface area contributed by atoms with Gasteiger partial charge in [0.15, 0.2) is 0 Å². The molecule has 0 N–H and O–H groups in total. The van der Waals surface area contributed by atoms with Crippen LogP contribution in [0.4, 0.5) is 0 Å². The van der Waals surface area contributed by atoms with Crippen LogP contribution in [0.15, 0.2) is 0 Å². The summed E-state index contributed by atoms with van der Waals surface area (Å²) in [7, 11) is 1.33. The largest absolute Gasteiger partial charge is 0.469 e. The molecule has 2 amide bonds. The normalized spacial score (nSPS) is 27.5. The minimum Gasteiger partial charge on any atom is -0.469 e. The minimum atomic E-state index is -0.302. The summed E-state index contributed by atoms with van der Waals surface area (Å²) in [5, 5.41) is 0. The topological polar surface area (TPSA) is 63.7 Å². The first-order valence-corrected chi connectivity index (χ1v) is 6.07. The Morgan fingerprint density at radius 3 is 2.41 bits per heavy atom. The number of rotatable bonds is 4. The lowest BCUT2D eigenvalue weighted by Crippen LogP contribution is -2.33. The molecular formula is C12H17NO4. The molecule has 2 rings (SSSR count). The van der Waals surface area contributed by atoms with Gasteiger partial charge in [0.1, 0.15) is 0 Å². The van der Waals surface area contributed by atoms with Crippen LogP contribution in [0, 0.1) is 11.8 Å². The summed E-state index contributed by atoms with van der Waals surface area (Å²) in [5.74, 6) is -0.546. The molecule has 1 aliphatic carbocycles. The Labute approximate surface area is 100 Å². The van der Waals surface area contributed by atoms with Gasteiger partial charge < -0.3 is 4.74 Å². The predicted molar refractivity (Wildman–Crippen MR) is 58.8 cm³/mol. The fourth-order valence-electron chi connectivity index (χ4n) is 2.76. The molecule has 0 aromatic carbocycles. The quantitative estimate of drug-likeness (QED) is 0.536. The van der Waals surface area contributed by atoms with E-state index in [4.69, 9.17) is 0 Å². The number of carbonyl (C=O) groups is 3. The van der Waals surface area contributed by atoms with E-state index in [9.17, 15) is 14.4 Å². The van der Waals surface area contributed by atoms with Crippen LogP contribution in [0.25, 0.3) is 0 Å². The highest BCUT2D eigenvalue weighted by molar-refractivity contribution is 6.05. The number of likely N-dealkylation sites (tertiary alicyclic amines) is 1. The van der Waals surface area contributed by atoms with Crippen LogP contribution >= 0.6 is 0 Å². The van der Waals surface area contributed by atoms with E-state index in [0.717, 1.165) is 19.3 Å². The van der Waals surface area contributed by atoms with Gasteiger partial charge in [0.05, 0.1) is 18.9 Å². The molecular weight excluding hydrogens is 222 g/mol. The third-order valence-corrected chi connectivity index (χ3v) is 3.67. The SMILES string of the molecule is COC(=O)CCCN1C(=O)C2CCCC2C1=O. The van der Waals surface area contributed by atoms with Gasteiger partial charge in [0, 0.05) is 13.0 Å². The number of methoxy groups -OCH3 is 1. The van der Waals surface area contributed by atoms with Crippen molar-refractivity contribution in [2.75, 3.05) is 13.7 Å². The number of imide groups is 1. The first-order valence-electron chi connectivity index (χ1n) is 6.07. The van der Waals surface area contributed by atoms with Crippen LogP contribution in [-0.4, -0.2) is 36.3 Å². The summed E-state index contributed by atoms with van der Waals surface area (Å²) in [4.78, 5) is 36.1. The monoisotopic (exact) mass is 239 g/mol. The van der Waals surface area contributed by atoms with Gasteiger partial charge in [-0.3, -0.25) is 19.3 Å². The smallest absolute Gasteiger partial charge is 0.305 e. The number of esters is 1. The third-order valence-electron chi connectivity index (χ3n) is 3.67. The molecule has 5 heteroatoms. The molecule has 1 aliphatic heterocycles. The van der Waals surface area contributed by atoms with E-state index in [1.54, 1.807) is 0 Å². The van der Waals surface area contributed by atoms with Gasteiger partial charge in [0.25, 0.3) is 0 Å². The van der Waals surface area contributed by atoms with E-state index in [1.807, 2.05) is 0 Å². The number of hydrogen-bond donors (Lipinski definition) is 0. The Morgan fingerprint density at radius 2 is 1.88 bits per heavy atom. The molecule has 0 radical (unpaired) electrons. The molecule has 17 heavy (non-hydrogen) atoms. The Kier molecular flexibility index (Phi) is 3.45. The van der Waals surface area contributed by atoms with Crippen molar-refractivity contribution in [3.05, 3.63) is 0 Å². The van der Waals surface area contributed by atoms with E-state index in [-0.39, 0.29) is 36.0 Å². The van der Waals surface area contributed by atoms with Crippen LogP contribution in [0.3, 0.4) is 0 Å². The highest BCUT2D eigenvalue weighted by Crippen LogP contribution is 2.39. The maximum atomic E-state index is 11.9. The van der Waals surface area contributed by atoms with Gasteiger partial charge in [0.2, 0.25) is 11.8 Å².